The van der Waals surface area contributed by atoms with Crippen LogP contribution in [0.25, 0.3) is 0 Å². The predicted molar refractivity (Wildman–Crippen MR) is 110 cm³/mol. The molecule has 2 rings (SSSR count). The van der Waals surface area contributed by atoms with E-state index in [9.17, 15) is 0 Å². The van der Waals surface area contributed by atoms with Gasteiger partial charge in [0.15, 0.2) is 11.8 Å². The molecule has 2 N–H and O–H groups in total. The summed E-state index contributed by atoms with van der Waals surface area (Å²) in [4.78, 5) is 8.93. The van der Waals surface area contributed by atoms with Gasteiger partial charge in [-0.2, -0.15) is 4.98 Å². The zero-order valence-corrected chi connectivity index (χ0v) is 17.9. The first kappa shape index (κ1) is 22.1. The van der Waals surface area contributed by atoms with E-state index in [0.29, 0.717) is 18.9 Å². The van der Waals surface area contributed by atoms with Crippen molar-refractivity contribution >= 4 is 29.9 Å². The van der Waals surface area contributed by atoms with Gasteiger partial charge in [0.1, 0.15) is 0 Å². The zero-order chi connectivity index (χ0) is 17.2. The summed E-state index contributed by atoms with van der Waals surface area (Å²) >= 11 is 0. The fraction of sp³-hybridized carbons (Fsp3) is 0.824. The number of ether oxygens (including phenoxy) is 1. The largest absolute Gasteiger partial charge is 0.381 e. The fourth-order valence-corrected chi connectivity index (χ4v) is 2.13. The second-order valence-electron chi connectivity index (χ2n) is 6.51. The molecule has 0 aromatic carbocycles. The van der Waals surface area contributed by atoms with Gasteiger partial charge in [-0.05, 0) is 32.1 Å². The van der Waals surface area contributed by atoms with Crippen LogP contribution in [0.15, 0.2) is 9.52 Å². The van der Waals surface area contributed by atoms with E-state index >= 15 is 0 Å². The Bertz CT molecular complexity index is 503. The number of nitrogens with zero attached hydrogens (tertiary/aromatic N) is 3. The molecule has 0 spiro atoms. The van der Waals surface area contributed by atoms with Crippen molar-refractivity contribution in [1.82, 2.24) is 20.8 Å². The highest BCUT2D eigenvalue weighted by molar-refractivity contribution is 14.0. The van der Waals surface area contributed by atoms with Gasteiger partial charge in [-0.25, -0.2) is 0 Å². The maximum Gasteiger partial charge on any atom is 0.228 e. The normalized spacial score (nSPS) is 14.5. The van der Waals surface area contributed by atoms with Gasteiger partial charge in [-0.15, -0.1) is 24.0 Å². The minimum atomic E-state index is 0. The molecule has 0 aliphatic heterocycles. The molecule has 0 bridgehead atoms. The molecule has 7 nitrogen and oxygen atoms in total. The van der Waals surface area contributed by atoms with Crippen LogP contribution in [0.4, 0.5) is 0 Å². The van der Waals surface area contributed by atoms with Gasteiger partial charge in [0.2, 0.25) is 5.89 Å². The van der Waals surface area contributed by atoms with Crippen LogP contribution < -0.4 is 10.6 Å². The van der Waals surface area contributed by atoms with Gasteiger partial charge in [-0.3, -0.25) is 4.99 Å². The molecule has 0 unspecified atom stereocenters. The van der Waals surface area contributed by atoms with Gasteiger partial charge in [0.25, 0.3) is 0 Å². The number of hydrogen-bond acceptors (Lipinski definition) is 5. The van der Waals surface area contributed by atoms with Crippen molar-refractivity contribution in [3.05, 3.63) is 11.7 Å². The van der Waals surface area contributed by atoms with E-state index in [4.69, 9.17) is 9.26 Å². The Morgan fingerprint density at radius 1 is 1.36 bits per heavy atom. The number of rotatable bonds is 11. The number of hydrogen-bond donors (Lipinski definition) is 2. The summed E-state index contributed by atoms with van der Waals surface area (Å²) in [6, 6.07) is 0. The highest BCUT2D eigenvalue weighted by Crippen LogP contribution is 2.28. The first-order valence-electron chi connectivity index (χ1n) is 9.11. The molecule has 1 saturated carbocycles. The minimum Gasteiger partial charge on any atom is -0.381 e. The van der Waals surface area contributed by atoms with Gasteiger partial charge in [-0.1, -0.05) is 19.0 Å². The molecular formula is C17H32IN5O2. The number of halogens is 1. The second kappa shape index (κ2) is 12.5. The lowest BCUT2D eigenvalue weighted by Gasteiger charge is -2.10. The highest BCUT2D eigenvalue weighted by Gasteiger charge is 2.20. The van der Waals surface area contributed by atoms with Crippen LogP contribution in [-0.2, 0) is 11.2 Å². The molecule has 1 aromatic rings. The maximum absolute atomic E-state index is 5.62. The standard InChI is InChI=1S/C17H31N5O2.HI/c1-4-18-17(19-9-5-11-23-12-14-6-7-14)20-10-8-15-21-16(13(2)3)22-24-15;/h13-14H,4-12H2,1-3H3,(H2,18,19,20);1H. The van der Waals surface area contributed by atoms with Crippen LogP contribution in [0.2, 0.25) is 0 Å². The molecule has 0 amide bonds. The number of guanidine groups is 1. The van der Waals surface area contributed by atoms with Crippen LogP contribution in [0.3, 0.4) is 0 Å². The van der Waals surface area contributed by atoms with E-state index in [1.165, 1.54) is 12.8 Å². The third-order valence-electron chi connectivity index (χ3n) is 3.74. The summed E-state index contributed by atoms with van der Waals surface area (Å²) < 4.78 is 10.9. The van der Waals surface area contributed by atoms with E-state index in [1.807, 2.05) is 0 Å². The fourth-order valence-electron chi connectivity index (χ4n) is 2.13. The van der Waals surface area contributed by atoms with Gasteiger partial charge >= 0.3 is 0 Å². The molecule has 0 radical (unpaired) electrons. The Balaban J connectivity index is 0.00000312. The Labute approximate surface area is 167 Å². The third-order valence-corrected chi connectivity index (χ3v) is 3.74. The molecule has 25 heavy (non-hydrogen) atoms. The second-order valence-corrected chi connectivity index (χ2v) is 6.51. The Morgan fingerprint density at radius 3 is 2.80 bits per heavy atom. The number of aliphatic imine (C=N–C) groups is 1. The molecule has 0 saturated heterocycles. The molecule has 1 aliphatic rings. The lowest BCUT2D eigenvalue weighted by atomic mass is 10.2. The number of nitrogens with one attached hydrogen (secondary N) is 2. The van der Waals surface area contributed by atoms with Crippen molar-refractivity contribution < 1.29 is 9.26 Å². The van der Waals surface area contributed by atoms with Gasteiger partial charge in [0.05, 0.1) is 0 Å². The topological polar surface area (TPSA) is 84.6 Å². The van der Waals surface area contributed by atoms with Gasteiger partial charge in [0, 0.05) is 45.2 Å². The molecular weight excluding hydrogens is 433 g/mol. The summed E-state index contributed by atoms with van der Waals surface area (Å²) in [5.41, 5.74) is 0. The molecule has 1 fully saturated rings. The molecule has 1 heterocycles. The first-order valence-corrected chi connectivity index (χ1v) is 9.11. The summed E-state index contributed by atoms with van der Waals surface area (Å²) in [6.45, 7) is 10.2. The lowest BCUT2D eigenvalue weighted by molar-refractivity contribution is 0.123. The summed E-state index contributed by atoms with van der Waals surface area (Å²) in [5, 5.41) is 10.5. The molecule has 1 aliphatic carbocycles. The first-order chi connectivity index (χ1) is 11.7. The predicted octanol–water partition coefficient (Wildman–Crippen LogP) is 2.73. The summed E-state index contributed by atoms with van der Waals surface area (Å²) in [5.74, 6) is 3.36. The Kier molecular flexibility index (Phi) is 11.0. The van der Waals surface area contributed by atoms with Crippen LogP contribution >= 0.6 is 24.0 Å². The van der Waals surface area contributed by atoms with E-state index < -0.39 is 0 Å². The van der Waals surface area contributed by atoms with Gasteiger partial charge < -0.3 is 19.9 Å². The minimum absolute atomic E-state index is 0. The molecule has 8 heteroatoms. The monoisotopic (exact) mass is 465 g/mol. The number of aromatic nitrogens is 2. The average Bonchev–Trinajstić information content (AvgIpc) is 3.26. The highest BCUT2D eigenvalue weighted by atomic mass is 127. The third kappa shape index (κ3) is 9.39. The van der Waals surface area contributed by atoms with E-state index in [0.717, 1.165) is 50.4 Å². The smallest absolute Gasteiger partial charge is 0.228 e. The summed E-state index contributed by atoms with van der Waals surface area (Å²) in [7, 11) is 0. The lowest BCUT2D eigenvalue weighted by Crippen LogP contribution is -2.38. The van der Waals surface area contributed by atoms with E-state index in [-0.39, 0.29) is 29.9 Å². The van der Waals surface area contributed by atoms with Crippen molar-refractivity contribution in [3.8, 4) is 0 Å². The SMILES string of the molecule is CCNC(=NCCCOCC1CC1)NCCc1nc(C(C)C)no1.I. The Morgan fingerprint density at radius 2 is 2.16 bits per heavy atom. The maximum atomic E-state index is 5.62. The van der Waals surface area contributed by atoms with Crippen molar-refractivity contribution in [1.29, 1.82) is 0 Å². The molecule has 1 aromatic heterocycles. The average molecular weight is 465 g/mol. The Hall–Kier alpha value is -0.900. The zero-order valence-electron chi connectivity index (χ0n) is 15.6. The molecule has 144 valence electrons. The van der Waals surface area contributed by atoms with E-state index in [1.54, 1.807) is 0 Å². The van der Waals surface area contributed by atoms with Crippen molar-refractivity contribution in [2.24, 2.45) is 10.9 Å². The van der Waals surface area contributed by atoms with Crippen LogP contribution in [0.1, 0.15) is 57.7 Å². The van der Waals surface area contributed by atoms with Crippen LogP contribution in [-0.4, -0.2) is 48.9 Å². The molecule has 0 atom stereocenters. The van der Waals surface area contributed by atoms with Crippen molar-refractivity contribution in [3.63, 3.8) is 0 Å². The van der Waals surface area contributed by atoms with Crippen LogP contribution in [0.5, 0.6) is 0 Å². The quantitative estimate of drug-likeness (QED) is 0.226. The van der Waals surface area contributed by atoms with E-state index in [2.05, 4.69) is 46.5 Å². The van der Waals surface area contributed by atoms with Crippen molar-refractivity contribution in [2.45, 2.75) is 52.4 Å². The summed E-state index contributed by atoms with van der Waals surface area (Å²) in [6.07, 6.45) is 4.32. The van der Waals surface area contributed by atoms with Crippen LogP contribution in [0, 0.1) is 5.92 Å². The van der Waals surface area contributed by atoms with Crippen molar-refractivity contribution in [2.75, 3.05) is 32.8 Å².